The Kier molecular flexibility index (Phi) is 4.19. The quantitative estimate of drug-likeness (QED) is 0.759. The van der Waals surface area contributed by atoms with Crippen molar-refractivity contribution in [2.45, 2.75) is 45.8 Å². The number of hydrogen-bond acceptors (Lipinski definition) is 2. The molecule has 0 unspecified atom stereocenters. The Morgan fingerprint density at radius 3 is 2.68 bits per heavy atom. The first kappa shape index (κ1) is 14.0. The standard InChI is InChI=1S/C15H23N3Si/c1-5-6-9-13(12-19(2,3)4)18-15-11-8-7-10-14(15)16-17-18/h7-8,10-12H,5-6,9H2,1-4H3. The zero-order valence-corrected chi connectivity index (χ0v) is 13.3. The van der Waals surface area contributed by atoms with E-state index in [-0.39, 0.29) is 0 Å². The van der Waals surface area contributed by atoms with Gasteiger partial charge in [0.15, 0.2) is 0 Å². The van der Waals surface area contributed by atoms with Gasteiger partial charge in [-0.1, -0.05) is 56.0 Å². The summed E-state index contributed by atoms with van der Waals surface area (Å²) in [5.74, 6) is 0. The topological polar surface area (TPSA) is 30.7 Å². The molecule has 0 saturated heterocycles. The van der Waals surface area contributed by atoms with Gasteiger partial charge in [0.1, 0.15) is 5.52 Å². The summed E-state index contributed by atoms with van der Waals surface area (Å²) in [7, 11) is -1.26. The van der Waals surface area contributed by atoms with Crippen LogP contribution in [0.15, 0.2) is 30.0 Å². The Labute approximate surface area is 116 Å². The predicted molar refractivity (Wildman–Crippen MR) is 84.7 cm³/mol. The monoisotopic (exact) mass is 273 g/mol. The predicted octanol–water partition coefficient (Wildman–Crippen LogP) is 4.34. The lowest BCUT2D eigenvalue weighted by atomic mass is 10.2. The third kappa shape index (κ3) is 3.53. The lowest BCUT2D eigenvalue weighted by molar-refractivity contribution is 0.754. The average Bonchev–Trinajstić information content (AvgIpc) is 2.77. The van der Waals surface area contributed by atoms with Crippen LogP contribution in [0.4, 0.5) is 0 Å². The molecule has 0 spiro atoms. The van der Waals surface area contributed by atoms with Crippen molar-refractivity contribution < 1.29 is 0 Å². The van der Waals surface area contributed by atoms with Crippen LogP contribution in [0.3, 0.4) is 0 Å². The summed E-state index contributed by atoms with van der Waals surface area (Å²) < 4.78 is 2.03. The van der Waals surface area contributed by atoms with E-state index in [0.29, 0.717) is 0 Å². The van der Waals surface area contributed by atoms with Crippen molar-refractivity contribution in [2.24, 2.45) is 0 Å². The van der Waals surface area contributed by atoms with Gasteiger partial charge in [-0.3, -0.25) is 0 Å². The van der Waals surface area contributed by atoms with Crippen molar-refractivity contribution in [3.8, 4) is 0 Å². The maximum Gasteiger partial charge on any atom is 0.113 e. The molecule has 2 aromatic rings. The number of nitrogens with zero attached hydrogens (tertiary/aromatic N) is 3. The number of rotatable bonds is 5. The van der Waals surface area contributed by atoms with Gasteiger partial charge in [0.25, 0.3) is 0 Å². The van der Waals surface area contributed by atoms with Crippen LogP contribution in [-0.2, 0) is 0 Å². The number of unbranched alkanes of at least 4 members (excludes halogenated alkanes) is 1. The molecule has 0 amide bonds. The van der Waals surface area contributed by atoms with Crippen LogP contribution in [0.25, 0.3) is 16.7 Å². The normalized spacial score (nSPS) is 13.2. The molecule has 0 N–H and O–H groups in total. The van der Waals surface area contributed by atoms with Gasteiger partial charge in [0, 0.05) is 5.70 Å². The van der Waals surface area contributed by atoms with Gasteiger partial charge >= 0.3 is 0 Å². The summed E-state index contributed by atoms with van der Waals surface area (Å²) in [6, 6.07) is 8.17. The SMILES string of the molecule is CCCCC(=C[Si](C)(C)C)n1nnc2ccccc21. The van der Waals surface area contributed by atoms with E-state index < -0.39 is 8.07 Å². The number of para-hydroxylation sites is 1. The molecule has 102 valence electrons. The molecular weight excluding hydrogens is 250 g/mol. The first-order valence-corrected chi connectivity index (χ1v) is 10.6. The minimum Gasteiger partial charge on any atom is -0.218 e. The second kappa shape index (κ2) is 5.69. The van der Waals surface area contributed by atoms with Crippen molar-refractivity contribution in [2.75, 3.05) is 0 Å². The first-order chi connectivity index (χ1) is 9.01. The largest absolute Gasteiger partial charge is 0.218 e. The van der Waals surface area contributed by atoms with Gasteiger partial charge in [-0.05, 0) is 25.0 Å². The van der Waals surface area contributed by atoms with E-state index in [1.54, 1.807) is 0 Å². The summed E-state index contributed by atoms with van der Waals surface area (Å²) in [4.78, 5) is 0. The summed E-state index contributed by atoms with van der Waals surface area (Å²) in [6.45, 7) is 9.31. The molecule has 19 heavy (non-hydrogen) atoms. The van der Waals surface area contributed by atoms with E-state index in [1.807, 2.05) is 22.9 Å². The van der Waals surface area contributed by atoms with Crippen molar-refractivity contribution in [3.63, 3.8) is 0 Å². The highest BCUT2D eigenvalue weighted by molar-refractivity contribution is 6.81. The Bertz CT molecular complexity index is 578. The molecule has 0 radical (unpaired) electrons. The number of hydrogen-bond donors (Lipinski definition) is 0. The first-order valence-electron chi connectivity index (χ1n) is 7.04. The van der Waals surface area contributed by atoms with Crippen LogP contribution in [-0.4, -0.2) is 23.1 Å². The summed E-state index contributed by atoms with van der Waals surface area (Å²) in [6.07, 6.45) is 3.48. The van der Waals surface area contributed by atoms with E-state index >= 15 is 0 Å². The van der Waals surface area contributed by atoms with E-state index in [4.69, 9.17) is 0 Å². The number of benzene rings is 1. The molecule has 0 aliphatic rings. The minimum absolute atomic E-state index is 0.973. The highest BCUT2D eigenvalue weighted by Gasteiger charge is 2.14. The molecule has 0 atom stereocenters. The molecule has 0 bridgehead atoms. The molecule has 2 rings (SSSR count). The molecule has 3 nitrogen and oxygen atoms in total. The summed E-state index contributed by atoms with van der Waals surface area (Å²) in [5, 5.41) is 8.62. The fourth-order valence-electron chi connectivity index (χ4n) is 2.18. The van der Waals surface area contributed by atoms with Crippen molar-refractivity contribution in [1.29, 1.82) is 0 Å². The zero-order chi connectivity index (χ0) is 13.9. The smallest absolute Gasteiger partial charge is 0.113 e. The Morgan fingerprint density at radius 1 is 1.26 bits per heavy atom. The van der Waals surface area contributed by atoms with Crippen LogP contribution in [0, 0.1) is 0 Å². The second-order valence-electron chi connectivity index (χ2n) is 6.10. The third-order valence-corrected chi connectivity index (χ3v) is 4.21. The van der Waals surface area contributed by atoms with Crippen LogP contribution >= 0.6 is 0 Å². The van der Waals surface area contributed by atoms with E-state index in [0.717, 1.165) is 17.5 Å². The van der Waals surface area contributed by atoms with Gasteiger partial charge in [-0.25, -0.2) is 4.68 Å². The van der Waals surface area contributed by atoms with Gasteiger partial charge < -0.3 is 0 Å². The molecule has 0 fully saturated rings. The molecular formula is C15H23N3Si. The van der Waals surface area contributed by atoms with Crippen LogP contribution in [0.1, 0.15) is 26.2 Å². The van der Waals surface area contributed by atoms with E-state index in [1.165, 1.54) is 18.5 Å². The Morgan fingerprint density at radius 2 is 2.00 bits per heavy atom. The molecule has 1 aromatic heterocycles. The van der Waals surface area contributed by atoms with Crippen LogP contribution in [0.5, 0.6) is 0 Å². The Hall–Kier alpha value is -1.42. The van der Waals surface area contributed by atoms with Crippen molar-refractivity contribution in [3.05, 3.63) is 30.0 Å². The van der Waals surface area contributed by atoms with E-state index in [9.17, 15) is 0 Å². The van der Waals surface area contributed by atoms with Gasteiger partial charge in [-0.2, -0.15) is 0 Å². The van der Waals surface area contributed by atoms with Crippen molar-refractivity contribution in [1.82, 2.24) is 15.0 Å². The maximum atomic E-state index is 4.35. The summed E-state index contributed by atoms with van der Waals surface area (Å²) in [5.41, 5.74) is 5.85. The molecule has 1 aromatic carbocycles. The lowest BCUT2D eigenvalue weighted by Gasteiger charge is -2.15. The Balaban J connectivity index is 2.46. The van der Waals surface area contributed by atoms with Gasteiger partial charge in [-0.15, -0.1) is 5.10 Å². The maximum absolute atomic E-state index is 4.35. The minimum atomic E-state index is -1.26. The fourth-order valence-corrected chi connectivity index (χ4v) is 3.44. The molecule has 4 heteroatoms. The van der Waals surface area contributed by atoms with Crippen molar-refractivity contribution >= 4 is 24.8 Å². The fraction of sp³-hybridized carbons (Fsp3) is 0.467. The van der Waals surface area contributed by atoms with E-state index in [2.05, 4.69) is 48.6 Å². The molecule has 0 aliphatic heterocycles. The van der Waals surface area contributed by atoms with Gasteiger partial charge in [0.05, 0.1) is 13.6 Å². The zero-order valence-electron chi connectivity index (χ0n) is 12.3. The number of fused-ring (bicyclic) bond motifs is 1. The van der Waals surface area contributed by atoms with Crippen LogP contribution < -0.4 is 0 Å². The molecule has 1 heterocycles. The second-order valence-corrected chi connectivity index (χ2v) is 11.1. The summed E-state index contributed by atoms with van der Waals surface area (Å²) >= 11 is 0. The third-order valence-electron chi connectivity index (χ3n) is 3.01. The highest BCUT2D eigenvalue weighted by Crippen LogP contribution is 2.21. The average molecular weight is 273 g/mol. The number of aromatic nitrogens is 3. The number of allylic oxidation sites excluding steroid dienone is 1. The molecule has 0 saturated carbocycles. The highest BCUT2D eigenvalue weighted by atomic mass is 28.3. The van der Waals surface area contributed by atoms with Crippen LogP contribution in [0.2, 0.25) is 19.6 Å². The van der Waals surface area contributed by atoms with Gasteiger partial charge in [0.2, 0.25) is 0 Å². The molecule has 0 aliphatic carbocycles. The lowest BCUT2D eigenvalue weighted by Crippen LogP contribution is -2.18.